The van der Waals surface area contributed by atoms with Gasteiger partial charge >= 0.3 is 9.28 Å². The quantitative estimate of drug-likeness (QED) is 0.695. The first-order valence-electron chi connectivity index (χ1n) is 4.59. The first-order valence-corrected chi connectivity index (χ1v) is 5.98. The van der Waals surface area contributed by atoms with Crippen molar-refractivity contribution in [3.8, 4) is 0 Å². The molecule has 0 bridgehead atoms. The fourth-order valence-corrected chi connectivity index (χ4v) is 2.06. The molecular formula is C10H15O2Si. The Bertz CT molecular complexity index is 261. The monoisotopic (exact) mass is 195 g/mol. The first kappa shape index (κ1) is 10.4. The molecule has 0 aromatic heterocycles. The maximum absolute atomic E-state index is 9.16. The molecule has 0 heterocycles. The highest BCUT2D eigenvalue weighted by Gasteiger charge is 2.12. The van der Waals surface area contributed by atoms with E-state index in [-0.39, 0.29) is 0 Å². The molecule has 3 heteroatoms. The van der Waals surface area contributed by atoms with Crippen LogP contribution in [0, 0.1) is 0 Å². The first-order chi connectivity index (χ1) is 6.25. The Morgan fingerprint density at radius 3 is 2.54 bits per heavy atom. The fraction of sp³-hybridized carbons (Fsp3) is 0.400. The van der Waals surface area contributed by atoms with Crippen LogP contribution in [0.1, 0.15) is 25.3 Å². The van der Waals surface area contributed by atoms with Gasteiger partial charge in [-0.1, -0.05) is 37.6 Å². The molecule has 1 rings (SSSR count). The molecule has 0 spiro atoms. The fourth-order valence-electron chi connectivity index (χ4n) is 1.32. The zero-order chi connectivity index (χ0) is 9.68. The topological polar surface area (TPSA) is 40.5 Å². The number of unbranched alkanes of at least 4 members (excludes halogenated alkanes) is 1. The van der Waals surface area contributed by atoms with E-state index in [9.17, 15) is 0 Å². The van der Waals surface area contributed by atoms with E-state index in [1.54, 1.807) is 6.07 Å². The summed E-state index contributed by atoms with van der Waals surface area (Å²) < 4.78 is 0. The van der Waals surface area contributed by atoms with Gasteiger partial charge in [-0.25, -0.2) is 0 Å². The van der Waals surface area contributed by atoms with E-state index in [1.165, 1.54) is 0 Å². The van der Waals surface area contributed by atoms with Crippen LogP contribution >= 0.6 is 0 Å². The zero-order valence-electron chi connectivity index (χ0n) is 7.83. The number of hydrogen-bond acceptors (Lipinski definition) is 2. The lowest BCUT2D eigenvalue weighted by molar-refractivity contribution is 0.425. The molecule has 0 aliphatic rings. The SMILES string of the molecule is CCCCc1ccccc1[Si](O)O. The molecule has 0 saturated carbocycles. The van der Waals surface area contributed by atoms with Crippen LogP contribution in [0.5, 0.6) is 0 Å². The van der Waals surface area contributed by atoms with Crippen molar-refractivity contribution in [2.75, 3.05) is 0 Å². The van der Waals surface area contributed by atoms with Gasteiger partial charge in [0.15, 0.2) is 0 Å². The molecule has 0 fully saturated rings. The maximum atomic E-state index is 9.16. The Hall–Kier alpha value is -0.643. The summed E-state index contributed by atoms with van der Waals surface area (Å²) in [7, 11) is -2.27. The molecule has 1 aromatic rings. The standard InChI is InChI=1S/C10H15O2Si/c1-2-3-6-9-7-4-5-8-10(9)13(11)12/h4-5,7-8,11-12H,2-3,6H2,1H3. The Morgan fingerprint density at radius 2 is 1.92 bits per heavy atom. The highest BCUT2D eigenvalue weighted by atomic mass is 28.3. The molecule has 0 amide bonds. The molecule has 2 N–H and O–H groups in total. The molecule has 71 valence electrons. The second kappa shape index (κ2) is 5.17. The van der Waals surface area contributed by atoms with Crippen LogP contribution in [0.25, 0.3) is 0 Å². The molecule has 13 heavy (non-hydrogen) atoms. The predicted molar refractivity (Wildman–Crippen MR) is 54.9 cm³/mol. The van der Waals surface area contributed by atoms with Gasteiger partial charge in [0.05, 0.1) is 0 Å². The largest absolute Gasteiger partial charge is 0.418 e. The van der Waals surface area contributed by atoms with Gasteiger partial charge in [0.1, 0.15) is 0 Å². The summed E-state index contributed by atoms with van der Waals surface area (Å²) in [5.74, 6) is 0. The van der Waals surface area contributed by atoms with Gasteiger partial charge in [0.25, 0.3) is 0 Å². The van der Waals surface area contributed by atoms with E-state index >= 15 is 0 Å². The van der Waals surface area contributed by atoms with Gasteiger partial charge in [-0.15, -0.1) is 0 Å². The lowest BCUT2D eigenvalue weighted by Crippen LogP contribution is -2.32. The van der Waals surface area contributed by atoms with E-state index in [0.29, 0.717) is 0 Å². The van der Waals surface area contributed by atoms with Gasteiger partial charge in [0.2, 0.25) is 0 Å². The number of benzene rings is 1. The normalized spacial score (nSPS) is 10.8. The highest BCUT2D eigenvalue weighted by molar-refractivity contribution is 6.59. The molecule has 1 radical (unpaired) electrons. The van der Waals surface area contributed by atoms with Crippen LogP contribution in [0.4, 0.5) is 0 Å². The minimum Gasteiger partial charge on any atom is -0.406 e. The summed E-state index contributed by atoms with van der Waals surface area (Å²) in [5, 5.41) is 0.737. The van der Waals surface area contributed by atoms with Crippen molar-refractivity contribution in [2.24, 2.45) is 0 Å². The summed E-state index contributed by atoms with van der Waals surface area (Å²) in [6.07, 6.45) is 3.18. The third-order valence-corrected chi connectivity index (χ3v) is 3.03. The lowest BCUT2D eigenvalue weighted by atomic mass is 10.1. The summed E-state index contributed by atoms with van der Waals surface area (Å²) in [4.78, 5) is 18.3. The summed E-state index contributed by atoms with van der Waals surface area (Å²) in [6, 6.07) is 7.57. The van der Waals surface area contributed by atoms with Crippen LogP contribution in [0.15, 0.2) is 24.3 Å². The van der Waals surface area contributed by atoms with Crippen molar-refractivity contribution in [3.05, 3.63) is 29.8 Å². The van der Waals surface area contributed by atoms with Crippen LogP contribution in [0.2, 0.25) is 0 Å². The minimum absolute atomic E-state index is 0.737. The second-order valence-corrected chi connectivity index (χ2v) is 4.27. The number of rotatable bonds is 4. The molecule has 0 unspecified atom stereocenters. The van der Waals surface area contributed by atoms with Crippen LogP contribution < -0.4 is 5.19 Å². The highest BCUT2D eigenvalue weighted by Crippen LogP contribution is 2.02. The van der Waals surface area contributed by atoms with Crippen molar-refractivity contribution >= 4 is 14.5 Å². The molecule has 0 saturated heterocycles. The predicted octanol–water partition coefficient (Wildman–Crippen LogP) is 0.709. The third kappa shape index (κ3) is 2.95. The van der Waals surface area contributed by atoms with Crippen LogP contribution in [-0.2, 0) is 6.42 Å². The third-order valence-electron chi connectivity index (χ3n) is 2.06. The zero-order valence-corrected chi connectivity index (χ0v) is 8.83. The smallest absolute Gasteiger partial charge is 0.406 e. The van der Waals surface area contributed by atoms with E-state index in [4.69, 9.17) is 9.59 Å². The Morgan fingerprint density at radius 1 is 1.23 bits per heavy atom. The van der Waals surface area contributed by atoms with Crippen molar-refractivity contribution in [3.63, 3.8) is 0 Å². The van der Waals surface area contributed by atoms with Crippen molar-refractivity contribution in [1.82, 2.24) is 0 Å². The maximum Gasteiger partial charge on any atom is 0.418 e. The molecule has 1 aromatic carbocycles. The van der Waals surface area contributed by atoms with Gasteiger partial charge in [-0.05, 0) is 23.6 Å². The minimum atomic E-state index is -2.27. The van der Waals surface area contributed by atoms with Crippen LogP contribution in [-0.4, -0.2) is 18.9 Å². The summed E-state index contributed by atoms with van der Waals surface area (Å²) >= 11 is 0. The summed E-state index contributed by atoms with van der Waals surface area (Å²) in [6.45, 7) is 2.13. The number of aryl methyl sites for hydroxylation is 1. The Labute approximate surface area is 80.7 Å². The van der Waals surface area contributed by atoms with Crippen LogP contribution in [0.3, 0.4) is 0 Å². The average molecular weight is 195 g/mol. The summed E-state index contributed by atoms with van der Waals surface area (Å²) in [5.41, 5.74) is 1.09. The van der Waals surface area contributed by atoms with Crippen molar-refractivity contribution in [2.45, 2.75) is 26.2 Å². The van der Waals surface area contributed by atoms with E-state index < -0.39 is 9.28 Å². The molecule has 0 atom stereocenters. The van der Waals surface area contributed by atoms with E-state index in [0.717, 1.165) is 30.0 Å². The second-order valence-electron chi connectivity index (χ2n) is 3.08. The van der Waals surface area contributed by atoms with Crippen molar-refractivity contribution < 1.29 is 9.59 Å². The molecular weight excluding hydrogens is 180 g/mol. The number of hydrogen-bond donors (Lipinski definition) is 2. The van der Waals surface area contributed by atoms with Gasteiger partial charge in [-0.2, -0.15) is 0 Å². The van der Waals surface area contributed by atoms with E-state index in [1.807, 2.05) is 18.2 Å². The van der Waals surface area contributed by atoms with Crippen molar-refractivity contribution in [1.29, 1.82) is 0 Å². The molecule has 0 aliphatic carbocycles. The van der Waals surface area contributed by atoms with Gasteiger partial charge in [-0.3, -0.25) is 0 Å². The van der Waals surface area contributed by atoms with E-state index in [2.05, 4.69) is 6.92 Å². The lowest BCUT2D eigenvalue weighted by Gasteiger charge is -2.07. The Kier molecular flexibility index (Phi) is 4.15. The molecule has 0 aliphatic heterocycles. The van der Waals surface area contributed by atoms with Gasteiger partial charge < -0.3 is 9.59 Å². The van der Waals surface area contributed by atoms with Gasteiger partial charge in [0, 0.05) is 0 Å². The average Bonchev–Trinajstić information content (AvgIpc) is 2.15. The molecule has 2 nitrogen and oxygen atoms in total. The Balaban J connectivity index is 2.78.